The Bertz CT molecular complexity index is 222. The van der Waals surface area contributed by atoms with Gasteiger partial charge in [-0.15, -0.1) is 0 Å². The van der Waals surface area contributed by atoms with Crippen molar-refractivity contribution in [2.75, 3.05) is 0 Å². The number of aliphatic imine (C=N–C) groups is 1. The summed E-state index contributed by atoms with van der Waals surface area (Å²) < 4.78 is 0. The van der Waals surface area contributed by atoms with Crippen molar-refractivity contribution in [3.05, 3.63) is 12.4 Å². The monoisotopic (exact) mass is 154 g/mol. The summed E-state index contributed by atoms with van der Waals surface area (Å²) in [5.74, 6) is -0.895. The van der Waals surface area contributed by atoms with E-state index in [4.69, 9.17) is 5.11 Å². The Morgan fingerprint density at radius 2 is 2.55 bits per heavy atom. The SMILES string of the molecule is CCC1(C(=O)O)C=NC=CN1. The van der Waals surface area contributed by atoms with Gasteiger partial charge in [-0.05, 0) is 6.42 Å². The van der Waals surface area contributed by atoms with Crippen molar-refractivity contribution in [1.82, 2.24) is 5.32 Å². The average Bonchev–Trinajstić information content (AvgIpc) is 2.05. The molecule has 4 heteroatoms. The minimum absolute atomic E-state index is 0.482. The van der Waals surface area contributed by atoms with Crippen LogP contribution in [0.2, 0.25) is 0 Å². The zero-order chi connectivity index (χ0) is 8.32. The van der Waals surface area contributed by atoms with Gasteiger partial charge in [0.2, 0.25) is 0 Å². The molecule has 1 aliphatic rings. The van der Waals surface area contributed by atoms with E-state index in [-0.39, 0.29) is 0 Å². The summed E-state index contributed by atoms with van der Waals surface area (Å²) in [5.41, 5.74) is -0.991. The van der Waals surface area contributed by atoms with Gasteiger partial charge in [0, 0.05) is 18.6 Å². The first-order valence-corrected chi connectivity index (χ1v) is 3.42. The Hall–Kier alpha value is -1.32. The zero-order valence-electron chi connectivity index (χ0n) is 6.24. The molecule has 2 N–H and O–H groups in total. The molecule has 0 saturated carbocycles. The number of hydrogen-bond acceptors (Lipinski definition) is 3. The lowest BCUT2D eigenvalue weighted by atomic mass is 9.98. The number of nitrogens with one attached hydrogen (secondary N) is 1. The Labute approximate surface area is 64.6 Å². The molecular formula is C7H10N2O2. The van der Waals surface area contributed by atoms with Crippen LogP contribution in [0.25, 0.3) is 0 Å². The third kappa shape index (κ3) is 1.24. The van der Waals surface area contributed by atoms with Gasteiger partial charge in [-0.1, -0.05) is 6.92 Å². The summed E-state index contributed by atoms with van der Waals surface area (Å²) in [6, 6.07) is 0. The molecular weight excluding hydrogens is 144 g/mol. The van der Waals surface area contributed by atoms with Crippen LogP contribution >= 0.6 is 0 Å². The van der Waals surface area contributed by atoms with Gasteiger partial charge in [0.05, 0.1) is 0 Å². The van der Waals surface area contributed by atoms with E-state index in [1.807, 2.05) is 0 Å². The molecule has 0 fully saturated rings. The molecule has 11 heavy (non-hydrogen) atoms. The molecule has 0 spiro atoms. The molecule has 1 rings (SSSR count). The number of aliphatic carboxylic acids is 1. The van der Waals surface area contributed by atoms with Gasteiger partial charge in [-0.3, -0.25) is 4.99 Å². The van der Waals surface area contributed by atoms with Gasteiger partial charge < -0.3 is 10.4 Å². The molecule has 60 valence electrons. The Balaban J connectivity index is 2.85. The first-order valence-electron chi connectivity index (χ1n) is 3.42. The van der Waals surface area contributed by atoms with E-state index >= 15 is 0 Å². The highest BCUT2D eigenvalue weighted by Crippen LogP contribution is 2.10. The molecule has 1 heterocycles. The van der Waals surface area contributed by atoms with Crippen LogP contribution in [-0.4, -0.2) is 22.8 Å². The summed E-state index contributed by atoms with van der Waals surface area (Å²) in [4.78, 5) is 14.5. The van der Waals surface area contributed by atoms with E-state index in [2.05, 4.69) is 10.3 Å². The predicted octanol–water partition coefficient (Wildman–Crippen LogP) is 0.365. The molecule has 1 aliphatic heterocycles. The van der Waals surface area contributed by atoms with Crippen LogP contribution in [0.4, 0.5) is 0 Å². The Morgan fingerprint density at radius 3 is 2.82 bits per heavy atom. The summed E-state index contributed by atoms with van der Waals surface area (Å²) >= 11 is 0. The van der Waals surface area contributed by atoms with Crippen molar-refractivity contribution >= 4 is 12.2 Å². The van der Waals surface area contributed by atoms with E-state index in [1.165, 1.54) is 18.6 Å². The lowest BCUT2D eigenvalue weighted by Crippen LogP contribution is -2.51. The number of hydrogen-bond donors (Lipinski definition) is 2. The van der Waals surface area contributed by atoms with Crippen LogP contribution in [0.5, 0.6) is 0 Å². The van der Waals surface area contributed by atoms with E-state index in [0.717, 1.165) is 0 Å². The van der Waals surface area contributed by atoms with Crippen LogP contribution < -0.4 is 5.32 Å². The molecule has 0 saturated heterocycles. The fraction of sp³-hybridized carbons (Fsp3) is 0.429. The van der Waals surface area contributed by atoms with Crippen LogP contribution in [0, 0.1) is 0 Å². The van der Waals surface area contributed by atoms with E-state index in [0.29, 0.717) is 6.42 Å². The second-order valence-electron chi connectivity index (χ2n) is 2.37. The lowest BCUT2D eigenvalue weighted by molar-refractivity contribution is -0.141. The van der Waals surface area contributed by atoms with Crippen LogP contribution in [-0.2, 0) is 4.79 Å². The maximum absolute atomic E-state index is 10.7. The number of rotatable bonds is 2. The highest BCUT2D eigenvalue weighted by Gasteiger charge is 2.34. The summed E-state index contributed by atoms with van der Waals surface area (Å²) in [7, 11) is 0. The van der Waals surface area contributed by atoms with Crippen LogP contribution in [0.3, 0.4) is 0 Å². The van der Waals surface area contributed by atoms with Crippen molar-refractivity contribution in [2.24, 2.45) is 4.99 Å². The van der Waals surface area contributed by atoms with Crippen molar-refractivity contribution in [2.45, 2.75) is 18.9 Å². The lowest BCUT2D eigenvalue weighted by Gasteiger charge is -2.25. The first-order chi connectivity index (χ1) is 5.21. The van der Waals surface area contributed by atoms with Gasteiger partial charge in [0.15, 0.2) is 5.54 Å². The van der Waals surface area contributed by atoms with Gasteiger partial charge in [0.1, 0.15) is 0 Å². The van der Waals surface area contributed by atoms with Gasteiger partial charge >= 0.3 is 5.97 Å². The predicted molar refractivity (Wildman–Crippen MR) is 41.4 cm³/mol. The number of carboxylic acids is 1. The second-order valence-corrected chi connectivity index (χ2v) is 2.37. The van der Waals surface area contributed by atoms with E-state index in [9.17, 15) is 4.79 Å². The standard InChI is InChI=1S/C7H10N2O2/c1-2-7(6(10)11)5-8-3-4-9-7/h3-5,9H,2H2,1H3,(H,10,11). The highest BCUT2D eigenvalue weighted by atomic mass is 16.4. The summed E-state index contributed by atoms with van der Waals surface area (Å²) in [6.07, 6.45) is 4.96. The number of carboxylic acid groups (broad SMARTS) is 1. The molecule has 0 aromatic rings. The summed E-state index contributed by atoms with van der Waals surface area (Å²) in [6.45, 7) is 1.80. The smallest absolute Gasteiger partial charge is 0.335 e. The third-order valence-corrected chi connectivity index (χ3v) is 1.74. The quantitative estimate of drug-likeness (QED) is 0.603. The summed E-state index contributed by atoms with van der Waals surface area (Å²) in [5, 5.41) is 11.6. The van der Waals surface area contributed by atoms with E-state index < -0.39 is 11.5 Å². The fourth-order valence-corrected chi connectivity index (χ4v) is 0.898. The maximum atomic E-state index is 10.7. The molecule has 0 aromatic carbocycles. The number of nitrogens with zero attached hydrogens (tertiary/aromatic N) is 1. The van der Waals surface area contributed by atoms with Gasteiger partial charge in [-0.2, -0.15) is 0 Å². The molecule has 1 unspecified atom stereocenters. The highest BCUT2D eigenvalue weighted by molar-refractivity contribution is 5.99. The topological polar surface area (TPSA) is 61.7 Å². The van der Waals surface area contributed by atoms with Gasteiger partial charge in [-0.25, -0.2) is 4.79 Å². The Morgan fingerprint density at radius 1 is 1.82 bits per heavy atom. The zero-order valence-corrected chi connectivity index (χ0v) is 6.24. The Kier molecular flexibility index (Phi) is 1.94. The fourth-order valence-electron chi connectivity index (χ4n) is 0.898. The minimum Gasteiger partial charge on any atom is -0.479 e. The van der Waals surface area contributed by atoms with Crippen molar-refractivity contribution in [3.8, 4) is 0 Å². The van der Waals surface area contributed by atoms with Crippen LogP contribution in [0.15, 0.2) is 17.4 Å². The molecule has 0 aromatic heterocycles. The van der Waals surface area contributed by atoms with Crippen LogP contribution in [0.1, 0.15) is 13.3 Å². The molecule has 0 aliphatic carbocycles. The number of carbonyl (C=O) groups is 1. The van der Waals surface area contributed by atoms with Crippen molar-refractivity contribution in [3.63, 3.8) is 0 Å². The maximum Gasteiger partial charge on any atom is 0.335 e. The first kappa shape index (κ1) is 7.78. The van der Waals surface area contributed by atoms with Crippen molar-refractivity contribution in [1.29, 1.82) is 0 Å². The molecule has 4 nitrogen and oxygen atoms in total. The van der Waals surface area contributed by atoms with Gasteiger partial charge in [0.25, 0.3) is 0 Å². The third-order valence-electron chi connectivity index (χ3n) is 1.74. The molecule has 0 amide bonds. The normalized spacial score (nSPS) is 28.1. The molecule has 1 atom stereocenters. The molecule has 0 bridgehead atoms. The average molecular weight is 154 g/mol. The minimum atomic E-state index is -0.991. The largest absolute Gasteiger partial charge is 0.479 e. The second kappa shape index (κ2) is 2.74. The van der Waals surface area contributed by atoms with E-state index in [1.54, 1.807) is 6.92 Å². The van der Waals surface area contributed by atoms with Crippen molar-refractivity contribution < 1.29 is 9.90 Å². The molecule has 0 radical (unpaired) electrons.